The van der Waals surface area contributed by atoms with E-state index in [1.165, 1.54) is 47.7 Å². The molecule has 0 saturated heterocycles. The van der Waals surface area contributed by atoms with Crippen molar-refractivity contribution >= 4 is 29.7 Å². The summed E-state index contributed by atoms with van der Waals surface area (Å²) in [5.74, 6) is 0.424. The summed E-state index contributed by atoms with van der Waals surface area (Å²) in [7, 11) is 0. The first kappa shape index (κ1) is 41.0. The molecule has 0 radical (unpaired) electrons. The fraction of sp³-hybridized carbons (Fsp3) is 0.356. The molecular weight excluding hydrogens is 774 g/mol. The Morgan fingerprint density at radius 3 is 1.66 bits per heavy atom. The third kappa shape index (κ3) is 8.24. The second kappa shape index (κ2) is 15.3. The quantitative estimate of drug-likeness (QED) is 0.188. The van der Waals surface area contributed by atoms with E-state index in [9.17, 15) is 0 Å². The molecule has 0 saturated carbocycles. The normalized spacial score (nSPS) is 15.1. The van der Waals surface area contributed by atoms with Crippen LogP contribution in [-0.2, 0) is 38.5 Å². The summed E-state index contributed by atoms with van der Waals surface area (Å²) in [4.78, 5) is 0. The van der Waals surface area contributed by atoms with Crippen LogP contribution in [0.4, 0.5) is 0 Å². The molecule has 2 aliphatic rings. The van der Waals surface area contributed by atoms with E-state index in [-0.39, 0.29) is 41.1 Å². The van der Waals surface area contributed by atoms with Crippen molar-refractivity contribution in [2.45, 2.75) is 92.9 Å². The number of rotatable bonds is 5. The fourth-order valence-corrected chi connectivity index (χ4v) is 16.2. The second-order valence-electron chi connectivity index (χ2n) is 16.8. The molecule has 0 aliphatic heterocycles. The van der Waals surface area contributed by atoms with E-state index < -0.39 is 21.3 Å². The van der Waals surface area contributed by atoms with Gasteiger partial charge in [-0.2, -0.15) is 0 Å². The van der Waals surface area contributed by atoms with E-state index in [2.05, 4.69) is 160 Å². The van der Waals surface area contributed by atoms with Crippen molar-refractivity contribution in [2.24, 2.45) is 11.3 Å². The van der Waals surface area contributed by atoms with Crippen LogP contribution >= 0.6 is 23.2 Å². The number of allylic oxidation sites excluding steroid dienone is 4. The van der Waals surface area contributed by atoms with Gasteiger partial charge in [0.25, 0.3) is 0 Å². The van der Waals surface area contributed by atoms with Crippen LogP contribution in [0.2, 0.25) is 10.0 Å². The van der Waals surface area contributed by atoms with Crippen molar-refractivity contribution in [3.63, 3.8) is 0 Å². The van der Waals surface area contributed by atoms with Gasteiger partial charge in [-0.05, 0) is 0 Å². The summed E-state index contributed by atoms with van der Waals surface area (Å²) in [6.45, 7) is 23.5. The van der Waals surface area contributed by atoms with E-state index in [0.29, 0.717) is 5.92 Å². The average Bonchev–Trinajstić information content (AvgIpc) is 3.61. The Kier molecular flexibility index (Phi) is 12.6. The Balaban J connectivity index is 0.00000281. The van der Waals surface area contributed by atoms with E-state index in [1.807, 2.05) is 0 Å². The number of hydrogen-bond donors (Lipinski definition) is 0. The zero-order valence-electron chi connectivity index (χ0n) is 31.2. The Bertz CT molecular complexity index is 1930. The SMILES string of the molecule is CCC1C=C(C(C)(C)C)C=[C]1[Zr+2](=[C](c1ccc(Cl)cc1)c1ccc(Cl)cc1)[c]1cc(C(C)(C)C)cc2c1Cc1ccc(C(C)(C)C)cc1-2.[Cl-].[Cl-]. The first-order valence-electron chi connectivity index (χ1n) is 17.5. The van der Waals surface area contributed by atoms with Crippen molar-refractivity contribution in [1.29, 1.82) is 0 Å². The molecule has 4 aromatic rings. The molecule has 5 heteroatoms. The maximum absolute atomic E-state index is 6.54. The molecule has 0 heterocycles. The van der Waals surface area contributed by atoms with Gasteiger partial charge < -0.3 is 24.8 Å². The molecule has 0 N–H and O–H groups in total. The molecule has 0 nitrogen and oxygen atoms in total. The minimum Gasteiger partial charge on any atom is -1.00 e. The van der Waals surface area contributed by atoms with Gasteiger partial charge in [-0.1, -0.05) is 0 Å². The summed E-state index contributed by atoms with van der Waals surface area (Å²) in [5.41, 5.74) is 12.9. The van der Waals surface area contributed by atoms with E-state index >= 15 is 0 Å². The van der Waals surface area contributed by atoms with Crippen LogP contribution in [0, 0.1) is 11.3 Å². The minimum atomic E-state index is -3.00. The third-order valence-electron chi connectivity index (χ3n) is 10.2. The van der Waals surface area contributed by atoms with Gasteiger partial charge >= 0.3 is 310 Å². The van der Waals surface area contributed by atoms with Gasteiger partial charge in [0.2, 0.25) is 0 Å². The average molecular weight is 824 g/mol. The topological polar surface area (TPSA) is 0 Å². The predicted molar refractivity (Wildman–Crippen MR) is 207 cm³/mol. The van der Waals surface area contributed by atoms with E-state index in [1.54, 1.807) is 12.1 Å². The zero-order chi connectivity index (χ0) is 34.8. The number of halogens is 4. The zero-order valence-corrected chi connectivity index (χ0v) is 36.6. The van der Waals surface area contributed by atoms with Gasteiger partial charge in [-0.25, -0.2) is 0 Å². The summed E-state index contributed by atoms with van der Waals surface area (Å²) < 4.78 is 4.78. The molecule has 6 rings (SSSR count). The summed E-state index contributed by atoms with van der Waals surface area (Å²) >= 11 is 10.1. The molecule has 0 bridgehead atoms. The second-order valence-corrected chi connectivity index (χ2v) is 23.5. The molecule has 0 spiro atoms. The molecule has 0 aromatic heterocycles. The third-order valence-corrected chi connectivity index (χ3v) is 18.5. The Labute approximate surface area is 331 Å². The molecule has 1 atom stereocenters. The van der Waals surface area contributed by atoms with E-state index in [4.69, 9.17) is 23.2 Å². The molecule has 2 aliphatic carbocycles. The number of fused-ring (bicyclic) bond motifs is 3. The summed E-state index contributed by atoms with van der Waals surface area (Å²) in [6, 6.07) is 29.7. The van der Waals surface area contributed by atoms with Crippen LogP contribution < -0.4 is 28.1 Å². The van der Waals surface area contributed by atoms with Crippen molar-refractivity contribution in [3.05, 3.63) is 143 Å². The van der Waals surface area contributed by atoms with Crippen molar-refractivity contribution in [3.8, 4) is 11.1 Å². The first-order valence-corrected chi connectivity index (χ1v) is 21.9. The van der Waals surface area contributed by atoms with Crippen LogP contribution in [0.15, 0.2) is 99.9 Å². The Morgan fingerprint density at radius 2 is 1.18 bits per heavy atom. The monoisotopic (exact) mass is 820 g/mol. The van der Waals surface area contributed by atoms with Crippen LogP contribution in [0.3, 0.4) is 0 Å². The fourth-order valence-electron chi connectivity index (χ4n) is 7.21. The molecule has 0 amide bonds. The largest absolute Gasteiger partial charge is 1.00 e. The van der Waals surface area contributed by atoms with Gasteiger partial charge in [0.1, 0.15) is 0 Å². The summed E-state index contributed by atoms with van der Waals surface area (Å²) in [5, 5.41) is 1.53. The predicted octanol–water partition coefficient (Wildman–Crippen LogP) is 6.58. The maximum atomic E-state index is 6.54. The van der Waals surface area contributed by atoms with Gasteiger partial charge in [0.15, 0.2) is 0 Å². The Hall–Kier alpha value is -1.73. The molecule has 4 aromatic carbocycles. The number of benzene rings is 4. The Morgan fingerprint density at radius 1 is 0.660 bits per heavy atom. The number of hydrogen-bond acceptors (Lipinski definition) is 0. The van der Waals surface area contributed by atoms with Crippen LogP contribution in [0.5, 0.6) is 0 Å². The smallest absolute Gasteiger partial charge is 1.00 e. The van der Waals surface area contributed by atoms with Gasteiger partial charge in [-0.3, -0.25) is 0 Å². The standard InChI is InChI=1S/C21H25.C13H8Cl2.C11H17.2ClH.Zr/c1-20(2,3)16-9-7-14-11-15-8-10-17(21(4,5)6)13-19(15)18(14)12-16;14-12-5-1-10(2-6-12)9-11-3-7-13(15)8-4-11;1-5-9-6-7-10(8-9)11(2,3)4;;;/h7,9-10,12-13H,11H2,1-6H3;1-8H;7-9H,5H2,1-4H3;2*1H;/q;;;;;+2/p-2. The minimum absolute atomic E-state index is 0. The maximum Gasteiger partial charge on any atom is -1.00 e. The van der Waals surface area contributed by atoms with Crippen molar-refractivity contribution < 1.29 is 46.1 Å². The van der Waals surface area contributed by atoms with Crippen molar-refractivity contribution in [2.75, 3.05) is 0 Å². The van der Waals surface area contributed by atoms with Crippen LogP contribution in [0.25, 0.3) is 11.1 Å². The molecule has 0 fully saturated rings. The van der Waals surface area contributed by atoms with Crippen LogP contribution in [-0.4, -0.2) is 3.21 Å². The molecule has 262 valence electrons. The van der Waals surface area contributed by atoms with Gasteiger partial charge in [0.05, 0.1) is 0 Å². The molecule has 50 heavy (non-hydrogen) atoms. The van der Waals surface area contributed by atoms with E-state index in [0.717, 1.165) is 22.9 Å². The molecule has 1 unspecified atom stereocenters. The van der Waals surface area contributed by atoms with Crippen molar-refractivity contribution in [1.82, 2.24) is 0 Å². The van der Waals surface area contributed by atoms with Gasteiger partial charge in [0, 0.05) is 0 Å². The summed E-state index contributed by atoms with van der Waals surface area (Å²) in [6.07, 6.45) is 7.30. The molecular formula is C45H50Cl4Zr. The van der Waals surface area contributed by atoms with Crippen LogP contribution in [0.1, 0.15) is 109 Å². The first-order chi connectivity index (χ1) is 22.5. The van der Waals surface area contributed by atoms with Gasteiger partial charge in [-0.15, -0.1) is 0 Å².